The van der Waals surface area contributed by atoms with E-state index in [2.05, 4.69) is 9.97 Å². The third kappa shape index (κ3) is 2.49. The zero-order valence-electron chi connectivity index (χ0n) is 10.9. The molecule has 0 unspecified atom stereocenters. The van der Waals surface area contributed by atoms with Gasteiger partial charge in [0.25, 0.3) is 0 Å². The molecule has 1 aromatic carbocycles. The Balaban J connectivity index is 2.38. The number of hydrogen-bond donors (Lipinski definition) is 1. The minimum atomic E-state index is 0.534. The van der Waals surface area contributed by atoms with E-state index in [9.17, 15) is 0 Å². The van der Waals surface area contributed by atoms with Crippen molar-refractivity contribution in [2.24, 2.45) is 5.73 Å². The first-order valence-electron chi connectivity index (χ1n) is 5.87. The van der Waals surface area contributed by atoms with Gasteiger partial charge in [-0.1, -0.05) is 12.1 Å². The molecule has 0 fully saturated rings. The summed E-state index contributed by atoms with van der Waals surface area (Å²) in [6, 6.07) is 4.07. The summed E-state index contributed by atoms with van der Waals surface area (Å²) in [5.41, 5.74) is 9.65. The molecule has 4 nitrogen and oxygen atoms in total. The van der Waals surface area contributed by atoms with Gasteiger partial charge in [0.1, 0.15) is 5.75 Å². The molecular formula is C14H17N3O. The van der Waals surface area contributed by atoms with E-state index < -0.39 is 0 Å². The van der Waals surface area contributed by atoms with Crippen LogP contribution in [-0.4, -0.2) is 9.97 Å². The summed E-state index contributed by atoms with van der Waals surface area (Å²) in [6.07, 6.45) is 3.28. The van der Waals surface area contributed by atoms with Crippen molar-refractivity contribution < 1.29 is 4.74 Å². The summed E-state index contributed by atoms with van der Waals surface area (Å²) < 4.78 is 5.86. The number of rotatable bonds is 3. The molecule has 4 heteroatoms. The summed E-state index contributed by atoms with van der Waals surface area (Å²) >= 11 is 0. The second kappa shape index (κ2) is 5.14. The van der Waals surface area contributed by atoms with E-state index in [1.54, 1.807) is 12.4 Å². The lowest BCUT2D eigenvalue weighted by molar-refractivity contribution is 0.448. The van der Waals surface area contributed by atoms with Gasteiger partial charge in [0, 0.05) is 18.9 Å². The van der Waals surface area contributed by atoms with Gasteiger partial charge in [0.05, 0.1) is 5.69 Å². The van der Waals surface area contributed by atoms with Gasteiger partial charge in [-0.3, -0.25) is 4.98 Å². The van der Waals surface area contributed by atoms with Gasteiger partial charge >= 0.3 is 0 Å². The van der Waals surface area contributed by atoms with Crippen molar-refractivity contribution in [3.63, 3.8) is 0 Å². The molecule has 18 heavy (non-hydrogen) atoms. The fraction of sp³-hybridized carbons (Fsp3) is 0.286. The SMILES string of the molecule is Cc1cc(CN)cc(C)c1Oc1nccnc1C. The van der Waals surface area contributed by atoms with Crippen LogP contribution in [0.3, 0.4) is 0 Å². The number of aromatic nitrogens is 2. The minimum Gasteiger partial charge on any atom is -0.437 e. The smallest absolute Gasteiger partial charge is 0.240 e. The summed E-state index contributed by atoms with van der Waals surface area (Å²) in [5, 5.41) is 0. The van der Waals surface area contributed by atoms with Gasteiger partial charge in [0.15, 0.2) is 0 Å². The zero-order valence-corrected chi connectivity index (χ0v) is 10.9. The number of nitrogens with zero attached hydrogens (tertiary/aromatic N) is 2. The van der Waals surface area contributed by atoms with E-state index >= 15 is 0 Å². The van der Waals surface area contributed by atoms with E-state index in [1.165, 1.54) is 0 Å². The fourth-order valence-corrected chi connectivity index (χ4v) is 1.91. The van der Waals surface area contributed by atoms with Crippen molar-refractivity contribution in [1.82, 2.24) is 9.97 Å². The first-order valence-corrected chi connectivity index (χ1v) is 5.87. The average Bonchev–Trinajstić information content (AvgIpc) is 2.35. The van der Waals surface area contributed by atoms with Crippen LogP contribution in [0.2, 0.25) is 0 Å². The lowest BCUT2D eigenvalue weighted by atomic mass is 10.1. The van der Waals surface area contributed by atoms with Crippen molar-refractivity contribution in [3.05, 3.63) is 46.9 Å². The molecule has 1 heterocycles. The third-order valence-corrected chi connectivity index (χ3v) is 2.79. The molecule has 0 radical (unpaired) electrons. The van der Waals surface area contributed by atoms with Crippen LogP contribution >= 0.6 is 0 Å². The van der Waals surface area contributed by atoms with Crippen molar-refractivity contribution in [1.29, 1.82) is 0 Å². The highest BCUT2D eigenvalue weighted by Crippen LogP contribution is 2.29. The molecule has 2 N–H and O–H groups in total. The average molecular weight is 243 g/mol. The predicted octanol–water partition coefficient (Wildman–Crippen LogP) is 2.65. The third-order valence-electron chi connectivity index (χ3n) is 2.79. The molecule has 0 aliphatic carbocycles. The molecule has 0 atom stereocenters. The maximum Gasteiger partial charge on any atom is 0.240 e. The van der Waals surface area contributed by atoms with Crippen LogP contribution in [0.5, 0.6) is 11.6 Å². The van der Waals surface area contributed by atoms with Crippen molar-refractivity contribution in [2.75, 3.05) is 0 Å². The summed E-state index contributed by atoms with van der Waals surface area (Å²) in [5.74, 6) is 1.37. The van der Waals surface area contributed by atoms with Gasteiger partial charge in [-0.05, 0) is 37.5 Å². The molecule has 0 spiro atoms. The molecule has 94 valence electrons. The highest BCUT2D eigenvalue weighted by atomic mass is 16.5. The maximum absolute atomic E-state index is 5.86. The number of ether oxygens (including phenoxy) is 1. The van der Waals surface area contributed by atoms with E-state index in [0.717, 1.165) is 28.1 Å². The Bertz CT molecular complexity index is 544. The van der Waals surface area contributed by atoms with E-state index in [1.807, 2.05) is 32.9 Å². The molecule has 1 aromatic heterocycles. The minimum absolute atomic E-state index is 0.534. The molecule has 0 aliphatic heterocycles. The second-order valence-corrected chi connectivity index (χ2v) is 4.31. The monoisotopic (exact) mass is 243 g/mol. The van der Waals surface area contributed by atoms with E-state index in [-0.39, 0.29) is 0 Å². The largest absolute Gasteiger partial charge is 0.437 e. The Kier molecular flexibility index (Phi) is 3.58. The standard InChI is InChI=1S/C14H17N3O/c1-9-6-12(8-15)7-10(2)13(9)18-14-11(3)16-4-5-17-14/h4-7H,8,15H2,1-3H3. The normalized spacial score (nSPS) is 10.4. The van der Waals surface area contributed by atoms with Gasteiger partial charge in [0.2, 0.25) is 5.88 Å². The van der Waals surface area contributed by atoms with Crippen LogP contribution in [0.15, 0.2) is 24.5 Å². The number of nitrogens with two attached hydrogens (primary N) is 1. The predicted molar refractivity (Wildman–Crippen MR) is 70.7 cm³/mol. The molecule has 0 saturated carbocycles. The number of benzene rings is 1. The zero-order chi connectivity index (χ0) is 13.1. The Morgan fingerprint density at radius 2 is 1.67 bits per heavy atom. The van der Waals surface area contributed by atoms with E-state index in [0.29, 0.717) is 12.4 Å². The van der Waals surface area contributed by atoms with Crippen LogP contribution < -0.4 is 10.5 Å². The lowest BCUT2D eigenvalue weighted by Gasteiger charge is -2.13. The van der Waals surface area contributed by atoms with Crippen LogP contribution in [0, 0.1) is 20.8 Å². The number of hydrogen-bond acceptors (Lipinski definition) is 4. The van der Waals surface area contributed by atoms with Gasteiger partial charge in [-0.15, -0.1) is 0 Å². The molecular weight excluding hydrogens is 226 g/mol. The molecule has 0 aliphatic rings. The van der Waals surface area contributed by atoms with Crippen molar-refractivity contribution in [2.45, 2.75) is 27.3 Å². The van der Waals surface area contributed by atoms with Crippen LogP contribution in [-0.2, 0) is 6.54 Å². The molecule has 0 bridgehead atoms. The lowest BCUT2D eigenvalue weighted by Crippen LogP contribution is -2.01. The Morgan fingerprint density at radius 1 is 1.06 bits per heavy atom. The van der Waals surface area contributed by atoms with Crippen LogP contribution in [0.1, 0.15) is 22.4 Å². The first kappa shape index (κ1) is 12.5. The second-order valence-electron chi connectivity index (χ2n) is 4.31. The Hall–Kier alpha value is -1.94. The Morgan fingerprint density at radius 3 is 2.22 bits per heavy atom. The molecule has 0 amide bonds. The summed E-state index contributed by atoms with van der Waals surface area (Å²) in [6.45, 7) is 6.42. The van der Waals surface area contributed by atoms with Crippen molar-refractivity contribution in [3.8, 4) is 11.6 Å². The highest BCUT2D eigenvalue weighted by Gasteiger charge is 2.09. The summed E-state index contributed by atoms with van der Waals surface area (Å²) in [4.78, 5) is 8.35. The quantitative estimate of drug-likeness (QED) is 0.900. The molecule has 2 aromatic rings. The number of aryl methyl sites for hydroxylation is 3. The van der Waals surface area contributed by atoms with Crippen molar-refractivity contribution >= 4 is 0 Å². The molecule has 0 saturated heterocycles. The van der Waals surface area contributed by atoms with Crippen LogP contribution in [0.4, 0.5) is 0 Å². The fourth-order valence-electron chi connectivity index (χ4n) is 1.91. The van der Waals surface area contributed by atoms with Gasteiger partial charge in [-0.2, -0.15) is 0 Å². The highest BCUT2D eigenvalue weighted by molar-refractivity contribution is 5.45. The van der Waals surface area contributed by atoms with E-state index in [4.69, 9.17) is 10.5 Å². The first-order chi connectivity index (χ1) is 8.61. The Labute approximate surface area is 107 Å². The van der Waals surface area contributed by atoms with Gasteiger partial charge in [-0.25, -0.2) is 4.98 Å². The van der Waals surface area contributed by atoms with Gasteiger partial charge < -0.3 is 10.5 Å². The topological polar surface area (TPSA) is 61.0 Å². The molecule has 2 rings (SSSR count). The maximum atomic E-state index is 5.86. The summed E-state index contributed by atoms with van der Waals surface area (Å²) in [7, 11) is 0. The van der Waals surface area contributed by atoms with Crippen LogP contribution in [0.25, 0.3) is 0 Å².